The van der Waals surface area contributed by atoms with E-state index in [1.54, 1.807) is 30.1 Å². The van der Waals surface area contributed by atoms with Crippen molar-refractivity contribution in [3.8, 4) is 0 Å². The molecule has 0 aliphatic carbocycles. The number of likely N-dealkylation sites (tertiary alicyclic amines) is 1. The predicted octanol–water partition coefficient (Wildman–Crippen LogP) is 2.49. The van der Waals surface area contributed by atoms with E-state index in [1.807, 2.05) is 6.07 Å². The highest BCUT2D eigenvalue weighted by atomic mass is 32.2. The van der Waals surface area contributed by atoms with E-state index in [1.165, 1.54) is 17.7 Å². The molecular weight excluding hydrogens is 370 g/mol. The van der Waals surface area contributed by atoms with Crippen molar-refractivity contribution in [2.75, 3.05) is 38.5 Å². The van der Waals surface area contributed by atoms with E-state index in [9.17, 15) is 13.2 Å². The van der Waals surface area contributed by atoms with Crippen molar-refractivity contribution < 1.29 is 13.2 Å². The Kier molecular flexibility index (Phi) is 5.94. The summed E-state index contributed by atoms with van der Waals surface area (Å²) in [5, 5.41) is 5.13. The Morgan fingerprint density at radius 2 is 2.00 bits per heavy atom. The number of urea groups is 1. The molecule has 3 heterocycles. The molecule has 1 N–H and O–H groups in total. The Morgan fingerprint density at radius 1 is 1.27 bits per heavy atom. The van der Waals surface area contributed by atoms with Crippen LogP contribution < -0.4 is 5.32 Å². The molecule has 2 saturated heterocycles. The van der Waals surface area contributed by atoms with Gasteiger partial charge in [0.05, 0.1) is 16.5 Å². The van der Waals surface area contributed by atoms with Crippen LogP contribution in [0, 0.1) is 0 Å². The lowest BCUT2D eigenvalue weighted by molar-refractivity contribution is 0.190. The number of rotatable bonds is 4. The second kappa shape index (κ2) is 7.86. The van der Waals surface area contributed by atoms with Crippen molar-refractivity contribution in [1.82, 2.24) is 15.1 Å². The van der Waals surface area contributed by atoms with Gasteiger partial charge in [-0.2, -0.15) is 0 Å². The fraction of sp³-hybridized carbons (Fsp3) is 0.722. The summed E-state index contributed by atoms with van der Waals surface area (Å²) < 4.78 is 23.9. The van der Waals surface area contributed by atoms with Crippen LogP contribution in [0.5, 0.6) is 0 Å². The average molecular weight is 400 g/mol. The third-order valence-corrected chi connectivity index (χ3v) is 9.22. The zero-order valence-corrected chi connectivity index (χ0v) is 17.2. The van der Waals surface area contributed by atoms with Crippen LogP contribution in [-0.2, 0) is 9.84 Å². The minimum Gasteiger partial charge on any atom is -0.336 e. The number of carbonyl (C=O) groups excluding carboxylic acids is 1. The number of hydrogen-bond donors (Lipinski definition) is 1. The van der Waals surface area contributed by atoms with Crippen molar-refractivity contribution in [2.24, 2.45) is 0 Å². The van der Waals surface area contributed by atoms with Crippen LogP contribution in [0.25, 0.3) is 0 Å². The molecular formula is C18H29N3O3S2. The van der Waals surface area contributed by atoms with Gasteiger partial charge in [-0.1, -0.05) is 6.07 Å². The van der Waals surface area contributed by atoms with Crippen molar-refractivity contribution in [2.45, 2.75) is 43.9 Å². The Bertz CT molecular complexity index is 710. The molecule has 2 aliphatic rings. The first-order valence-electron chi connectivity index (χ1n) is 9.33. The maximum Gasteiger partial charge on any atom is 0.317 e. The Labute approximate surface area is 160 Å². The first kappa shape index (κ1) is 19.6. The number of hydrogen-bond acceptors (Lipinski definition) is 5. The fourth-order valence-electron chi connectivity index (χ4n) is 3.62. The molecule has 0 bridgehead atoms. The molecule has 0 saturated carbocycles. The number of thiophene rings is 1. The first-order valence-corrected chi connectivity index (χ1v) is 11.9. The molecule has 0 spiro atoms. The normalized spacial score (nSPS) is 24.2. The standard InChI is InChI=1S/C18H29N3O3S2/c1-18(2)7-10-21(11-13-26(18,23)24)17(22)19-14-15(16-6-5-12-25-16)20-8-3-4-9-20/h5-6,12,15H,3-4,7-11,13-14H2,1-2H3,(H,19,22). The Hall–Kier alpha value is -1.12. The summed E-state index contributed by atoms with van der Waals surface area (Å²) in [4.78, 5) is 18.0. The van der Waals surface area contributed by atoms with Crippen molar-refractivity contribution >= 4 is 27.2 Å². The summed E-state index contributed by atoms with van der Waals surface area (Å²) >= 11 is 1.72. The number of nitrogens with zero attached hydrogens (tertiary/aromatic N) is 2. The van der Waals surface area contributed by atoms with Gasteiger partial charge >= 0.3 is 6.03 Å². The third-order valence-electron chi connectivity index (χ3n) is 5.64. The minimum atomic E-state index is -3.17. The van der Waals surface area contributed by atoms with Crippen LogP contribution in [-0.4, -0.2) is 67.5 Å². The van der Waals surface area contributed by atoms with Gasteiger partial charge in [0.25, 0.3) is 0 Å². The van der Waals surface area contributed by atoms with Crippen LogP contribution in [0.1, 0.15) is 44.0 Å². The van der Waals surface area contributed by atoms with Crippen molar-refractivity contribution in [3.63, 3.8) is 0 Å². The van der Waals surface area contributed by atoms with Crippen LogP contribution in [0.3, 0.4) is 0 Å². The van der Waals surface area contributed by atoms with Gasteiger partial charge < -0.3 is 10.2 Å². The molecule has 1 aromatic rings. The lowest BCUT2D eigenvalue weighted by atomic mass is 10.1. The third kappa shape index (κ3) is 4.23. The molecule has 1 unspecified atom stereocenters. The smallest absolute Gasteiger partial charge is 0.317 e. The molecule has 1 atom stereocenters. The zero-order chi connectivity index (χ0) is 18.8. The summed E-state index contributed by atoms with van der Waals surface area (Å²) in [6.45, 7) is 6.94. The van der Waals surface area contributed by atoms with E-state index in [-0.39, 0.29) is 24.4 Å². The van der Waals surface area contributed by atoms with Crippen LogP contribution in [0.4, 0.5) is 4.79 Å². The van der Waals surface area contributed by atoms with Gasteiger partial charge in [-0.25, -0.2) is 13.2 Å². The first-order chi connectivity index (χ1) is 12.3. The summed E-state index contributed by atoms with van der Waals surface area (Å²) in [7, 11) is -3.17. The largest absolute Gasteiger partial charge is 0.336 e. The van der Waals surface area contributed by atoms with Crippen molar-refractivity contribution in [3.05, 3.63) is 22.4 Å². The van der Waals surface area contributed by atoms with E-state index < -0.39 is 14.6 Å². The fourth-order valence-corrected chi connectivity index (χ4v) is 5.90. The van der Waals surface area contributed by atoms with Crippen LogP contribution in [0.2, 0.25) is 0 Å². The van der Waals surface area contributed by atoms with Crippen molar-refractivity contribution in [1.29, 1.82) is 0 Å². The highest BCUT2D eigenvalue weighted by Gasteiger charge is 2.38. The minimum absolute atomic E-state index is 0.0356. The maximum atomic E-state index is 12.7. The summed E-state index contributed by atoms with van der Waals surface area (Å²) in [5.74, 6) is 0.0356. The Balaban J connectivity index is 1.62. The summed E-state index contributed by atoms with van der Waals surface area (Å²) in [6.07, 6.45) is 2.88. The molecule has 3 rings (SSSR count). The van der Waals surface area contributed by atoms with E-state index in [2.05, 4.69) is 21.7 Å². The van der Waals surface area contributed by atoms with E-state index in [4.69, 9.17) is 0 Å². The van der Waals surface area contributed by atoms with Gasteiger partial charge in [0, 0.05) is 24.5 Å². The van der Waals surface area contributed by atoms with Gasteiger partial charge in [-0.15, -0.1) is 11.3 Å². The second-order valence-corrected chi connectivity index (χ2v) is 11.5. The lowest BCUT2D eigenvalue weighted by Crippen LogP contribution is -2.44. The lowest BCUT2D eigenvalue weighted by Gasteiger charge is -2.28. The highest BCUT2D eigenvalue weighted by molar-refractivity contribution is 7.92. The van der Waals surface area contributed by atoms with E-state index >= 15 is 0 Å². The van der Waals surface area contributed by atoms with Gasteiger partial charge in [0.1, 0.15) is 0 Å². The molecule has 26 heavy (non-hydrogen) atoms. The molecule has 8 heteroatoms. The second-order valence-electron chi connectivity index (χ2n) is 7.78. The molecule has 2 amide bonds. The Morgan fingerprint density at radius 3 is 2.65 bits per heavy atom. The van der Waals surface area contributed by atoms with E-state index in [0.717, 1.165) is 13.1 Å². The van der Waals surface area contributed by atoms with Gasteiger partial charge in [0.15, 0.2) is 9.84 Å². The number of amides is 2. The summed E-state index contributed by atoms with van der Waals surface area (Å²) in [6, 6.07) is 4.22. The van der Waals surface area contributed by atoms with E-state index in [0.29, 0.717) is 19.5 Å². The molecule has 1 aromatic heterocycles. The number of nitrogens with one attached hydrogen (secondary N) is 1. The number of carbonyl (C=O) groups is 1. The molecule has 146 valence electrons. The predicted molar refractivity (Wildman–Crippen MR) is 105 cm³/mol. The molecule has 2 fully saturated rings. The number of sulfone groups is 1. The summed E-state index contributed by atoms with van der Waals surface area (Å²) in [5.41, 5.74) is 0. The average Bonchev–Trinajstić information content (AvgIpc) is 3.27. The van der Waals surface area contributed by atoms with Gasteiger partial charge in [-0.05, 0) is 57.6 Å². The molecule has 0 aromatic carbocycles. The quantitative estimate of drug-likeness (QED) is 0.845. The SMILES string of the molecule is CC1(C)CCN(C(=O)NCC(c2cccs2)N2CCCC2)CCS1(=O)=O. The monoisotopic (exact) mass is 399 g/mol. The molecule has 0 radical (unpaired) electrons. The van der Waals surface area contributed by atoms with Gasteiger partial charge in [0.2, 0.25) is 0 Å². The van der Waals surface area contributed by atoms with Gasteiger partial charge in [-0.3, -0.25) is 4.90 Å². The van der Waals surface area contributed by atoms with Crippen LogP contribution >= 0.6 is 11.3 Å². The maximum absolute atomic E-state index is 12.7. The molecule has 6 nitrogen and oxygen atoms in total. The topological polar surface area (TPSA) is 69.7 Å². The zero-order valence-electron chi connectivity index (χ0n) is 15.6. The molecule has 2 aliphatic heterocycles. The van der Waals surface area contributed by atoms with Crippen LogP contribution in [0.15, 0.2) is 17.5 Å². The highest BCUT2D eigenvalue weighted by Crippen LogP contribution is 2.28.